The summed E-state index contributed by atoms with van der Waals surface area (Å²) in [5.74, 6) is 0.986. The first kappa shape index (κ1) is 10.5. The summed E-state index contributed by atoms with van der Waals surface area (Å²) in [5.41, 5.74) is 2.30. The van der Waals surface area contributed by atoms with Gasteiger partial charge < -0.3 is 15.5 Å². The molecule has 3 heterocycles. The van der Waals surface area contributed by atoms with Gasteiger partial charge in [0.15, 0.2) is 5.96 Å². The highest BCUT2D eigenvalue weighted by atomic mass is 15.3. The molecule has 0 saturated carbocycles. The van der Waals surface area contributed by atoms with Crippen LogP contribution in [-0.2, 0) is 6.54 Å². The van der Waals surface area contributed by atoms with Gasteiger partial charge in [-0.25, -0.2) is 4.99 Å². The summed E-state index contributed by atoms with van der Waals surface area (Å²) in [6.45, 7) is 6.00. The van der Waals surface area contributed by atoms with Crippen molar-refractivity contribution in [1.29, 1.82) is 0 Å². The first-order chi connectivity index (χ1) is 8.34. The summed E-state index contributed by atoms with van der Waals surface area (Å²) in [6, 6.07) is 2.50. The fourth-order valence-corrected chi connectivity index (χ4v) is 2.31. The third kappa shape index (κ3) is 1.98. The number of piperazine rings is 1. The van der Waals surface area contributed by atoms with Crippen molar-refractivity contribution in [2.75, 3.05) is 25.0 Å². The van der Waals surface area contributed by atoms with Gasteiger partial charge in [0.2, 0.25) is 0 Å². The van der Waals surface area contributed by atoms with Gasteiger partial charge in [0.05, 0.1) is 18.4 Å². The molecule has 2 aliphatic heterocycles. The van der Waals surface area contributed by atoms with Crippen LogP contribution < -0.4 is 10.6 Å². The average Bonchev–Trinajstić information content (AvgIpc) is 2.39. The number of anilines is 1. The van der Waals surface area contributed by atoms with Crippen LogP contribution in [-0.4, -0.2) is 41.5 Å². The molecule has 1 aromatic rings. The van der Waals surface area contributed by atoms with Crippen LogP contribution in [0, 0.1) is 0 Å². The van der Waals surface area contributed by atoms with Crippen LogP contribution in [0.25, 0.3) is 0 Å². The Bertz CT molecular complexity index is 442. The van der Waals surface area contributed by atoms with Crippen molar-refractivity contribution >= 4 is 11.6 Å². The Morgan fingerprint density at radius 2 is 2.41 bits per heavy atom. The van der Waals surface area contributed by atoms with Gasteiger partial charge in [-0.3, -0.25) is 4.98 Å². The van der Waals surface area contributed by atoms with E-state index < -0.39 is 0 Å². The molecule has 0 unspecified atom stereocenters. The first-order valence-corrected chi connectivity index (χ1v) is 6.06. The largest absolute Gasteiger partial charge is 0.337 e. The van der Waals surface area contributed by atoms with Crippen LogP contribution in [0.2, 0.25) is 0 Å². The van der Waals surface area contributed by atoms with Crippen LogP contribution in [0.5, 0.6) is 0 Å². The molecule has 0 aromatic carbocycles. The van der Waals surface area contributed by atoms with Crippen molar-refractivity contribution in [3.63, 3.8) is 0 Å². The Morgan fingerprint density at radius 3 is 3.29 bits per heavy atom. The van der Waals surface area contributed by atoms with Crippen LogP contribution in [0.15, 0.2) is 23.5 Å². The van der Waals surface area contributed by atoms with Gasteiger partial charge in [-0.1, -0.05) is 0 Å². The topological polar surface area (TPSA) is 52.5 Å². The maximum absolute atomic E-state index is 4.62. The Kier molecular flexibility index (Phi) is 2.68. The molecule has 2 N–H and O–H groups in total. The van der Waals surface area contributed by atoms with Gasteiger partial charge in [0.25, 0.3) is 0 Å². The predicted molar refractivity (Wildman–Crippen MR) is 68.0 cm³/mol. The fraction of sp³-hybridized carbons (Fsp3) is 0.500. The maximum atomic E-state index is 4.62. The van der Waals surface area contributed by atoms with Crippen LogP contribution in [0.1, 0.15) is 12.5 Å². The van der Waals surface area contributed by atoms with Crippen molar-refractivity contribution in [2.24, 2.45) is 4.99 Å². The molecule has 0 amide bonds. The van der Waals surface area contributed by atoms with E-state index in [1.807, 2.05) is 18.5 Å². The zero-order valence-corrected chi connectivity index (χ0v) is 9.98. The Labute approximate surface area is 101 Å². The van der Waals surface area contributed by atoms with E-state index in [9.17, 15) is 0 Å². The molecule has 2 aliphatic rings. The Balaban J connectivity index is 1.80. The lowest BCUT2D eigenvalue weighted by Crippen LogP contribution is -2.54. The van der Waals surface area contributed by atoms with Gasteiger partial charge in [-0.2, -0.15) is 0 Å². The minimum Gasteiger partial charge on any atom is -0.337 e. The summed E-state index contributed by atoms with van der Waals surface area (Å²) >= 11 is 0. The van der Waals surface area contributed by atoms with E-state index in [0.717, 1.165) is 37.8 Å². The number of nitrogens with one attached hydrogen (secondary N) is 2. The second kappa shape index (κ2) is 4.33. The van der Waals surface area contributed by atoms with E-state index in [2.05, 4.69) is 32.4 Å². The second-order valence-corrected chi connectivity index (χ2v) is 4.54. The van der Waals surface area contributed by atoms with E-state index in [0.29, 0.717) is 6.04 Å². The number of aliphatic imine (C=N–C) groups is 1. The molecule has 1 aromatic heterocycles. The molecule has 3 rings (SSSR count). The highest BCUT2D eigenvalue weighted by Gasteiger charge is 2.23. The smallest absolute Gasteiger partial charge is 0.199 e. The predicted octanol–water partition coefficient (Wildman–Crippen LogP) is 0.657. The fourth-order valence-electron chi connectivity index (χ4n) is 2.31. The third-order valence-electron chi connectivity index (χ3n) is 3.33. The van der Waals surface area contributed by atoms with E-state index in [4.69, 9.17) is 0 Å². The number of hydrogen-bond donors (Lipinski definition) is 2. The van der Waals surface area contributed by atoms with E-state index in [1.165, 1.54) is 5.56 Å². The lowest BCUT2D eigenvalue weighted by molar-refractivity contribution is 0.272. The number of nitrogens with zero attached hydrogens (tertiary/aromatic N) is 3. The van der Waals surface area contributed by atoms with Crippen molar-refractivity contribution in [1.82, 2.24) is 15.2 Å². The number of aromatic nitrogens is 1. The summed E-state index contributed by atoms with van der Waals surface area (Å²) < 4.78 is 0. The van der Waals surface area contributed by atoms with Crippen molar-refractivity contribution in [3.05, 3.63) is 24.0 Å². The summed E-state index contributed by atoms with van der Waals surface area (Å²) in [6.07, 6.45) is 3.69. The molecule has 1 fully saturated rings. The Hall–Kier alpha value is -1.62. The van der Waals surface area contributed by atoms with Crippen LogP contribution in [0.4, 0.5) is 5.69 Å². The molecule has 5 nitrogen and oxygen atoms in total. The van der Waals surface area contributed by atoms with Gasteiger partial charge in [-0.05, 0) is 13.0 Å². The van der Waals surface area contributed by atoms with Crippen molar-refractivity contribution in [3.8, 4) is 0 Å². The van der Waals surface area contributed by atoms with Crippen LogP contribution >= 0.6 is 0 Å². The molecule has 1 atom stereocenters. The molecule has 0 spiro atoms. The standard InChI is InChI=1S/C12H17N5/c1-9-6-14-4-5-17(9)12-15-7-10-2-3-13-8-11(10)16-12/h2-3,8-9,14H,4-7H2,1H3,(H,15,16)/t9-/m0/s1. The lowest BCUT2D eigenvalue weighted by Gasteiger charge is -2.37. The molecule has 0 radical (unpaired) electrons. The first-order valence-electron chi connectivity index (χ1n) is 6.06. The Morgan fingerprint density at radius 1 is 1.47 bits per heavy atom. The van der Waals surface area contributed by atoms with Gasteiger partial charge in [0, 0.05) is 37.4 Å². The quantitative estimate of drug-likeness (QED) is 0.688. The number of pyridine rings is 1. The number of fused-ring (bicyclic) bond motifs is 1. The summed E-state index contributed by atoms with van der Waals surface area (Å²) in [5, 5.41) is 6.77. The van der Waals surface area contributed by atoms with Crippen molar-refractivity contribution in [2.45, 2.75) is 19.5 Å². The zero-order valence-electron chi connectivity index (χ0n) is 9.98. The minimum atomic E-state index is 0.480. The SMILES string of the molecule is C[C@H]1CNCCN1C1=NCc2ccncc2N1. The lowest BCUT2D eigenvalue weighted by atomic mass is 10.2. The molecule has 0 bridgehead atoms. The van der Waals surface area contributed by atoms with E-state index in [1.54, 1.807) is 0 Å². The number of rotatable bonds is 0. The third-order valence-corrected chi connectivity index (χ3v) is 3.33. The number of guanidine groups is 1. The molecule has 90 valence electrons. The van der Waals surface area contributed by atoms with Gasteiger partial charge in [0.1, 0.15) is 0 Å². The van der Waals surface area contributed by atoms with E-state index in [-0.39, 0.29) is 0 Å². The summed E-state index contributed by atoms with van der Waals surface area (Å²) in [7, 11) is 0. The van der Waals surface area contributed by atoms with E-state index >= 15 is 0 Å². The highest BCUT2D eigenvalue weighted by Crippen LogP contribution is 2.20. The highest BCUT2D eigenvalue weighted by molar-refractivity contribution is 5.95. The molecular formula is C12H17N5. The van der Waals surface area contributed by atoms with Gasteiger partial charge in [-0.15, -0.1) is 0 Å². The minimum absolute atomic E-state index is 0.480. The molecule has 1 saturated heterocycles. The van der Waals surface area contributed by atoms with Gasteiger partial charge >= 0.3 is 0 Å². The monoisotopic (exact) mass is 231 g/mol. The summed E-state index contributed by atoms with van der Waals surface area (Å²) in [4.78, 5) is 11.1. The molecule has 17 heavy (non-hydrogen) atoms. The number of hydrogen-bond acceptors (Lipinski definition) is 5. The molecular weight excluding hydrogens is 214 g/mol. The maximum Gasteiger partial charge on any atom is 0.199 e. The van der Waals surface area contributed by atoms with Crippen LogP contribution in [0.3, 0.4) is 0 Å². The average molecular weight is 231 g/mol. The zero-order chi connectivity index (χ0) is 11.7. The second-order valence-electron chi connectivity index (χ2n) is 4.54. The van der Waals surface area contributed by atoms with Crippen molar-refractivity contribution < 1.29 is 0 Å². The normalized spacial score (nSPS) is 23.7. The molecule has 0 aliphatic carbocycles. The molecule has 5 heteroatoms.